The Morgan fingerprint density at radius 3 is 2.55 bits per heavy atom. The van der Waals surface area contributed by atoms with Gasteiger partial charge in [-0.3, -0.25) is 9.69 Å². The van der Waals surface area contributed by atoms with Crippen LogP contribution >= 0.6 is 0 Å². The second-order valence-electron chi connectivity index (χ2n) is 6.56. The summed E-state index contributed by atoms with van der Waals surface area (Å²) in [6.45, 7) is 3.96. The lowest BCUT2D eigenvalue weighted by Gasteiger charge is -2.36. The van der Waals surface area contributed by atoms with E-state index in [1.807, 2.05) is 0 Å². The highest BCUT2D eigenvalue weighted by Crippen LogP contribution is 2.33. The first-order valence-electron chi connectivity index (χ1n) is 8.51. The third-order valence-corrected chi connectivity index (χ3v) is 5.25. The lowest BCUT2D eigenvalue weighted by atomic mass is 9.94. The van der Waals surface area contributed by atoms with Crippen LogP contribution in [0.15, 0.2) is 0 Å². The molecule has 1 amide bonds. The van der Waals surface area contributed by atoms with Gasteiger partial charge in [0.15, 0.2) is 5.82 Å². The second-order valence-corrected chi connectivity index (χ2v) is 6.56. The Labute approximate surface area is 131 Å². The van der Waals surface area contributed by atoms with Gasteiger partial charge in [-0.15, -0.1) is 5.10 Å². The SMILES string of the molecule is CC[C@@H](c1nnnn1C1CCCC1)N1CCC(C(N)=O)CC1. The highest BCUT2D eigenvalue weighted by Gasteiger charge is 2.32. The van der Waals surface area contributed by atoms with Crippen LogP contribution in [0.2, 0.25) is 0 Å². The zero-order valence-electron chi connectivity index (χ0n) is 13.3. The summed E-state index contributed by atoms with van der Waals surface area (Å²) >= 11 is 0. The van der Waals surface area contributed by atoms with E-state index in [1.54, 1.807) is 0 Å². The van der Waals surface area contributed by atoms with Crippen molar-refractivity contribution < 1.29 is 4.79 Å². The largest absolute Gasteiger partial charge is 0.369 e. The second kappa shape index (κ2) is 6.73. The molecule has 22 heavy (non-hydrogen) atoms. The van der Waals surface area contributed by atoms with E-state index in [4.69, 9.17) is 5.73 Å². The Hall–Kier alpha value is -1.50. The fraction of sp³-hybridized carbons (Fsp3) is 0.867. The quantitative estimate of drug-likeness (QED) is 0.889. The van der Waals surface area contributed by atoms with Crippen molar-refractivity contribution in [3.8, 4) is 0 Å². The summed E-state index contributed by atoms with van der Waals surface area (Å²) in [6, 6.07) is 0.701. The van der Waals surface area contributed by atoms with Crippen molar-refractivity contribution in [2.75, 3.05) is 13.1 Å². The van der Waals surface area contributed by atoms with Crippen LogP contribution in [0.25, 0.3) is 0 Å². The van der Waals surface area contributed by atoms with Gasteiger partial charge in [0.05, 0.1) is 12.1 Å². The predicted molar refractivity (Wildman–Crippen MR) is 81.8 cm³/mol. The molecule has 0 bridgehead atoms. The molecule has 1 aromatic heterocycles. The van der Waals surface area contributed by atoms with Crippen LogP contribution in [0.3, 0.4) is 0 Å². The minimum atomic E-state index is -0.163. The lowest BCUT2D eigenvalue weighted by molar-refractivity contribution is -0.123. The molecule has 1 saturated carbocycles. The Kier molecular flexibility index (Phi) is 4.71. The summed E-state index contributed by atoms with van der Waals surface area (Å²) < 4.78 is 2.06. The molecule has 2 aliphatic rings. The maximum Gasteiger partial charge on any atom is 0.220 e. The van der Waals surface area contributed by atoms with Crippen LogP contribution in [-0.2, 0) is 4.79 Å². The van der Waals surface area contributed by atoms with Gasteiger partial charge in [-0.05, 0) is 55.6 Å². The first-order valence-corrected chi connectivity index (χ1v) is 8.51. The molecule has 1 aliphatic heterocycles. The third-order valence-electron chi connectivity index (χ3n) is 5.25. The molecule has 0 radical (unpaired) electrons. The minimum Gasteiger partial charge on any atom is -0.369 e. The number of carbonyl (C=O) groups is 1. The predicted octanol–water partition coefficient (Wildman–Crippen LogP) is 1.44. The average Bonchev–Trinajstić information content (AvgIpc) is 3.19. The number of aromatic nitrogens is 4. The summed E-state index contributed by atoms with van der Waals surface area (Å²) in [5.41, 5.74) is 5.43. The average molecular weight is 306 g/mol. The van der Waals surface area contributed by atoms with E-state index in [9.17, 15) is 4.79 Å². The topological polar surface area (TPSA) is 89.9 Å². The number of likely N-dealkylation sites (tertiary alicyclic amines) is 1. The maximum absolute atomic E-state index is 11.3. The Morgan fingerprint density at radius 2 is 1.95 bits per heavy atom. The molecular formula is C15H26N6O. The van der Waals surface area contributed by atoms with Gasteiger partial charge in [-0.1, -0.05) is 19.8 Å². The van der Waals surface area contributed by atoms with Crippen LogP contribution in [0, 0.1) is 5.92 Å². The molecule has 122 valence electrons. The van der Waals surface area contributed by atoms with Gasteiger partial charge < -0.3 is 5.73 Å². The van der Waals surface area contributed by atoms with Crippen LogP contribution in [-0.4, -0.2) is 44.1 Å². The molecule has 7 heteroatoms. The standard InChI is InChI=1S/C15H26N6O/c1-2-13(20-9-7-11(8-10-20)14(16)22)15-17-18-19-21(15)12-5-3-4-6-12/h11-13H,2-10H2,1H3,(H2,16,22)/t13-/m0/s1. The van der Waals surface area contributed by atoms with Gasteiger partial charge in [-0.2, -0.15) is 0 Å². The number of tetrazole rings is 1. The summed E-state index contributed by atoms with van der Waals surface area (Å²) in [6.07, 6.45) is 7.56. The van der Waals surface area contributed by atoms with Crippen molar-refractivity contribution in [2.45, 2.75) is 64.0 Å². The van der Waals surface area contributed by atoms with Crippen molar-refractivity contribution in [1.82, 2.24) is 25.1 Å². The number of carbonyl (C=O) groups excluding carboxylic acids is 1. The molecule has 1 aliphatic carbocycles. The number of amides is 1. The van der Waals surface area contributed by atoms with Crippen LogP contribution in [0.1, 0.15) is 69.8 Å². The van der Waals surface area contributed by atoms with Gasteiger partial charge in [0.25, 0.3) is 0 Å². The molecule has 0 aromatic carbocycles. The van der Waals surface area contributed by atoms with Crippen LogP contribution in [0.4, 0.5) is 0 Å². The van der Waals surface area contributed by atoms with E-state index < -0.39 is 0 Å². The Balaban J connectivity index is 1.72. The van der Waals surface area contributed by atoms with Gasteiger partial charge in [-0.25, -0.2) is 4.68 Å². The normalized spacial score (nSPS) is 23.0. The molecular weight excluding hydrogens is 280 g/mol. The number of rotatable bonds is 5. The number of hydrogen-bond donors (Lipinski definition) is 1. The monoisotopic (exact) mass is 306 g/mol. The molecule has 1 saturated heterocycles. The fourth-order valence-electron chi connectivity index (χ4n) is 3.93. The van der Waals surface area contributed by atoms with Crippen molar-refractivity contribution >= 4 is 5.91 Å². The highest BCUT2D eigenvalue weighted by molar-refractivity contribution is 5.76. The third kappa shape index (κ3) is 2.99. The van der Waals surface area contributed by atoms with E-state index in [1.165, 1.54) is 25.7 Å². The molecule has 1 aromatic rings. The summed E-state index contributed by atoms with van der Waals surface area (Å²) in [5.74, 6) is 0.856. The number of nitrogens with two attached hydrogens (primary N) is 1. The molecule has 2 fully saturated rings. The molecule has 0 spiro atoms. The zero-order valence-corrected chi connectivity index (χ0v) is 13.3. The Bertz CT molecular complexity index is 502. The first kappa shape index (κ1) is 15.4. The van der Waals surface area contributed by atoms with Gasteiger partial charge in [0.2, 0.25) is 5.91 Å². The Morgan fingerprint density at radius 1 is 1.27 bits per heavy atom. The molecule has 0 unspecified atom stereocenters. The van der Waals surface area contributed by atoms with Crippen molar-refractivity contribution in [3.63, 3.8) is 0 Å². The van der Waals surface area contributed by atoms with E-state index in [0.29, 0.717) is 6.04 Å². The smallest absolute Gasteiger partial charge is 0.220 e. The van der Waals surface area contributed by atoms with E-state index in [-0.39, 0.29) is 17.9 Å². The lowest BCUT2D eigenvalue weighted by Crippen LogP contribution is -2.41. The first-order chi connectivity index (χ1) is 10.7. The van der Waals surface area contributed by atoms with Crippen LogP contribution < -0.4 is 5.73 Å². The van der Waals surface area contributed by atoms with Crippen molar-refractivity contribution in [2.24, 2.45) is 11.7 Å². The summed E-state index contributed by atoms with van der Waals surface area (Å²) in [5, 5.41) is 12.5. The van der Waals surface area contributed by atoms with Crippen molar-refractivity contribution in [1.29, 1.82) is 0 Å². The summed E-state index contributed by atoms with van der Waals surface area (Å²) in [7, 11) is 0. The molecule has 1 atom stereocenters. The highest BCUT2D eigenvalue weighted by atomic mass is 16.1. The zero-order chi connectivity index (χ0) is 15.5. The van der Waals surface area contributed by atoms with Crippen LogP contribution in [0.5, 0.6) is 0 Å². The summed E-state index contributed by atoms with van der Waals surface area (Å²) in [4.78, 5) is 13.7. The van der Waals surface area contributed by atoms with Gasteiger partial charge >= 0.3 is 0 Å². The number of piperidine rings is 1. The maximum atomic E-state index is 11.3. The van der Waals surface area contributed by atoms with Gasteiger partial charge in [0, 0.05) is 5.92 Å². The van der Waals surface area contributed by atoms with Crippen molar-refractivity contribution in [3.05, 3.63) is 5.82 Å². The molecule has 2 N–H and O–H groups in total. The van der Waals surface area contributed by atoms with Gasteiger partial charge in [0.1, 0.15) is 0 Å². The molecule has 2 heterocycles. The number of primary amides is 1. The molecule has 3 rings (SSSR count). The van der Waals surface area contributed by atoms with E-state index in [2.05, 4.69) is 32.0 Å². The van der Waals surface area contributed by atoms with E-state index in [0.717, 1.165) is 38.2 Å². The number of nitrogens with zero attached hydrogens (tertiary/aromatic N) is 5. The molecule has 7 nitrogen and oxygen atoms in total. The van der Waals surface area contributed by atoms with E-state index >= 15 is 0 Å². The number of hydrogen-bond acceptors (Lipinski definition) is 5. The fourth-order valence-corrected chi connectivity index (χ4v) is 3.93. The minimum absolute atomic E-state index is 0.0274.